The van der Waals surface area contributed by atoms with Gasteiger partial charge in [0, 0.05) is 19.3 Å². The Morgan fingerprint density at radius 2 is 0.597 bits per heavy atom. The fourth-order valence-corrected chi connectivity index (χ4v) is 6.99. The van der Waals surface area contributed by atoms with Crippen molar-refractivity contribution >= 4 is 17.9 Å². The smallest absolute Gasteiger partial charge is 0.306 e. The van der Waals surface area contributed by atoms with Crippen LogP contribution in [0.25, 0.3) is 0 Å². The number of rotatable bonds is 46. The Balaban J connectivity index is 4.50. The van der Waals surface area contributed by atoms with E-state index in [2.05, 4.69) is 93.7 Å². The average molecular weight is 865 g/mol. The zero-order valence-electron chi connectivity index (χ0n) is 40.6. The highest BCUT2D eigenvalue weighted by molar-refractivity contribution is 5.71. The molecule has 356 valence electrons. The van der Waals surface area contributed by atoms with Crippen molar-refractivity contribution in [2.75, 3.05) is 13.2 Å². The second kappa shape index (κ2) is 50.5. The van der Waals surface area contributed by atoms with Crippen molar-refractivity contribution in [2.24, 2.45) is 0 Å². The Morgan fingerprint density at radius 3 is 1.03 bits per heavy atom. The molecule has 0 radical (unpaired) electrons. The fraction of sp³-hybridized carbons (Fsp3) is 0.732. The lowest BCUT2D eigenvalue weighted by atomic mass is 10.0. The van der Waals surface area contributed by atoms with Gasteiger partial charge in [0.1, 0.15) is 13.2 Å². The summed E-state index contributed by atoms with van der Waals surface area (Å²) in [7, 11) is 0. The first-order valence-electron chi connectivity index (χ1n) is 25.9. The second-order valence-corrected chi connectivity index (χ2v) is 17.1. The molecular weight excluding hydrogens is 769 g/mol. The van der Waals surface area contributed by atoms with Gasteiger partial charge >= 0.3 is 17.9 Å². The number of esters is 3. The van der Waals surface area contributed by atoms with Crippen LogP contribution >= 0.6 is 0 Å². The molecule has 6 nitrogen and oxygen atoms in total. The van der Waals surface area contributed by atoms with Gasteiger partial charge in [0.2, 0.25) is 0 Å². The number of hydrogen-bond acceptors (Lipinski definition) is 6. The highest BCUT2D eigenvalue weighted by atomic mass is 16.6. The molecule has 0 aromatic heterocycles. The van der Waals surface area contributed by atoms with Crippen LogP contribution in [0.15, 0.2) is 72.9 Å². The Hall–Kier alpha value is -3.15. The van der Waals surface area contributed by atoms with Crippen LogP contribution in [0.3, 0.4) is 0 Å². The largest absolute Gasteiger partial charge is 0.462 e. The third-order valence-electron chi connectivity index (χ3n) is 10.9. The lowest BCUT2D eigenvalue weighted by Crippen LogP contribution is -2.30. The summed E-state index contributed by atoms with van der Waals surface area (Å²) in [6, 6.07) is 0. The molecule has 0 aromatic rings. The summed E-state index contributed by atoms with van der Waals surface area (Å²) < 4.78 is 16.7. The van der Waals surface area contributed by atoms with Crippen LogP contribution < -0.4 is 0 Å². The van der Waals surface area contributed by atoms with Crippen LogP contribution in [0.5, 0.6) is 0 Å². The molecule has 62 heavy (non-hydrogen) atoms. The molecule has 0 spiro atoms. The highest BCUT2D eigenvalue weighted by Gasteiger charge is 2.19. The fourth-order valence-electron chi connectivity index (χ4n) is 6.99. The van der Waals surface area contributed by atoms with E-state index in [1.807, 2.05) is 0 Å². The van der Waals surface area contributed by atoms with Crippen LogP contribution in [0.4, 0.5) is 0 Å². The van der Waals surface area contributed by atoms with Crippen LogP contribution in [0.1, 0.15) is 245 Å². The van der Waals surface area contributed by atoms with Gasteiger partial charge in [0.25, 0.3) is 0 Å². The number of allylic oxidation sites excluding steroid dienone is 12. The summed E-state index contributed by atoms with van der Waals surface area (Å²) in [5.41, 5.74) is 0. The molecular formula is C56H96O6. The maximum Gasteiger partial charge on any atom is 0.306 e. The number of carbonyl (C=O) groups excluding carboxylic acids is 3. The third-order valence-corrected chi connectivity index (χ3v) is 10.9. The minimum absolute atomic E-state index is 0.109. The third kappa shape index (κ3) is 47.9. The van der Waals surface area contributed by atoms with E-state index in [9.17, 15) is 14.4 Å². The summed E-state index contributed by atoms with van der Waals surface area (Å²) in [6.45, 7) is 6.52. The summed E-state index contributed by atoms with van der Waals surface area (Å²) in [4.78, 5) is 37.9. The molecule has 0 saturated heterocycles. The number of ether oxygens (including phenoxy) is 3. The number of hydrogen-bond donors (Lipinski definition) is 0. The molecule has 0 N–H and O–H groups in total. The zero-order chi connectivity index (χ0) is 45.1. The van der Waals surface area contributed by atoms with Gasteiger partial charge in [-0.2, -0.15) is 0 Å². The maximum atomic E-state index is 12.8. The predicted octanol–water partition coefficient (Wildman–Crippen LogP) is 17.0. The van der Waals surface area contributed by atoms with Gasteiger partial charge in [0.05, 0.1) is 0 Å². The monoisotopic (exact) mass is 865 g/mol. The highest BCUT2D eigenvalue weighted by Crippen LogP contribution is 2.14. The van der Waals surface area contributed by atoms with Gasteiger partial charge in [-0.1, -0.05) is 209 Å². The SMILES string of the molecule is CCCCC/C=C\C/C=C\C/C=C\CCCCC(=O)OC[C@H](COC(=O)CCC/C=C\C/C=C\C/C=C\CCCCCCCC)OC(=O)CCCCCCCCCCCCCC. The molecule has 0 aliphatic carbocycles. The molecule has 0 unspecified atom stereocenters. The van der Waals surface area contributed by atoms with Crippen molar-refractivity contribution < 1.29 is 28.6 Å². The van der Waals surface area contributed by atoms with E-state index >= 15 is 0 Å². The first-order chi connectivity index (χ1) is 30.5. The number of unbranched alkanes of at least 4 members (excludes halogenated alkanes) is 23. The van der Waals surface area contributed by atoms with E-state index in [1.54, 1.807) is 0 Å². The lowest BCUT2D eigenvalue weighted by Gasteiger charge is -2.18. The van der Waals surface area contributed by atoms with Crippen molar-refractivity contribution in [1.29, 1.82) is 0 Å². The molecule has 0 heterocycles. The zero-order valence-corrected chi connectivity index (χ0v) is 40.6. The Bertz CT molecular complexity index is 1180. The Kier molecular flexibility index (Phi) is 47.9. The van der Waals surface area contributed by atoms with Crippen LogP contribution in [0.2, 0.25) is 0 Å². The molecule has 0 aromatic carbocycles. The van der Waals surface area contributed by atoms with E-state index in [0.29, 0.717) is 19.3 Å². The van der Waals surface area contributed by atoms with E-state index in [0.717, 1.165) is 70.6 Å². The first-order valence-corrected chi connectivity index (χ1v) is 25.9. The van der Waals surface area contributed by atoms with E-state index in [1.165, 1.54) is 128 Å². The normalized spacial score (nSPS) is 12.6. The summed E-state index contributed by atoms with van der Waals surface area (Å²) in [6.07, 6.45) is 63.2. The van der Waals surface area contributed by atoms with Crippen molar-refractivity contribution in [2.45, 2.75) is 252 Å². The van der Waals surface area contributed by atoms with Crippen molar-refractivity contribution in [3.05, 3.63) is 72.9 Å². The number of carbonyl (C=O) groups is 3. The molecule has 6 heteroatoms. The van der Waals surface area contributed by atoms with Crippen molar-refractivity contribution in [3.63, 3.8) is 0 Å². The van der Waals surface area contributed by atoms with Crippen LogP contribution in [-0.4, -0.2) is 37.2 Å². The van der Waals surface area contributed by atoms with Gasteiger partial charge in [-0.3, -0.25) is 14.4 Å². The molecule has 0 aliphatic rings. The minimum atomic E-state index is -0.808. The molecule has 0 aliphatic heterocycles. The van der Waals surface area contributed by atoms with Gasteiger partial charge in [0.15, 0.2) is 6.10 Å². The summed E-state index contributed by atoms with van der Waals surface area (Å²) in [5.74, 6) is -0.995. The molecule has 1 atom stereocenters. The standard InChI is InChI=1S/C56H96O6/c1-4-7-10-13-16-19-22-25-27-28-30-32-35-37-40-43-46-49-55(58)61-52-53(62-56(59)50-47-44-41-38-33-24-21-18-15-12-9-6-3)51-60-54(57)48-45-42-39-36-34-31-29-26-23-20-17-14-11-8-5-2/h17,20,25-27,29-30,32,34,36-37,40,53H,4-16,18-19,21-24,28,31,33,35,38-39,41-52H2,1-3H3/b20-17-,27-25-,29-26-,32-30-,36-34-,40-37-/t53-/m1/s1. The molecule has 0 saturated carbocycles. The van der Waals surface area contributed by atoms with E-state index < -0.39 is 6.10 Å². The van der Waals surface area contributed by atoms with E-state index in [-0.39, 0.29) is 37.5 Å². The van der Waals surface area contributed by atoms with Crippen molar-refractivity contribution in [3.8, 4) is 0 Å². The Morgan fingerprint density at radius 1 is 0.323 bits per heavy atom. The molecule has 0 bridgehead atoms. The molecule has 0 rings (SSSR count). The second-order valence-electron chi connectivity index (χ2n) is 17.1. The van der Waals surface area contributed by atoms with Crippen LogP contribution in [-0.2, 0) is 28.6 Å². The average Bonchev–Trinajstić information content (AvgIpc) is 3.27. The summed E-state index contributed by atoms with van der Waals surface area (Å²) >= 11 is 0. The topological polar surface area (TPSA) is 78.9 Å². The Labute approximate surface area is 382 Å². The minimum Gasteiger partial charge on any atom is -0.462 e. The molecule has 0 fully saturated rings. The van der Waals surface area contributed by atoms with Crippen molar-refractivity contribution in [1.82, 2.24) is 0 Å². The van der Waals surface area contributed by atoms with Gasteiger partial charge in [-0.25, -0.2) is 0 Å². The quantitative estimate of drug-likeness (QED) is 0.0262. The first kappa shape index (κ1) is 58.9. The van der Waals surface area contributed by atoms with Gasteiger partial charge < -0.3 is 14.2 Å². The predicted molar refractivity (Wildman–Crippen MR) is 265 cm³/mol. The van der Waals surface area contributed by atoms with Crippen LogP contribution in [0, 0.1) is 0 Å². The van der Waals surface area contributed by atoms with Gasteiger partial charge in [-0.15, -0.1) is 0 Å². The van der Waals surface area contributed by atoms with E-state index in [4.69, 9.17) is 14.2 Å². The lowest BCUT2D eigenvalue weighted by molar-refractivity contribution is -0.167. The van der Waals surface area contributed by atoms with Gasteiger partial charge in [-0.05, 0) is 89.9 Å². The molecule has 0 amide bonds. The maximum absolute atomic E-state index is 12.8. The summed E-state index contributed by atoms with van der Waals surface area (Å²) in [5, 5.41) is 0.